The summed E-state index contributed by atoms with van der Waals surface area (Å²) in [5.41, 5.74) is 2.55. The average molecular weight is 279 g/mol. The molecule has 0 radical (unpaired) electrons. The number of nitrogens with zero attached hydrogens (tertiary/aromatic N) is 1. The molecule has 1 heterocycles. The summed E-state index contributed by atoms with van der Waals surface area (Å²) in [7, 11) is 0. The third-order valence-electron chi connectivity index (χ3n) is 3.63. The number of benzene rings is 1. The van der Waals surface area contributed by atoms with Crippen molar-refractivity contribution >= 4 is 0 Å². The first-order valence-corrected chi connectivity index (χ1v) is 7.33. The lowest BCUT2D eigenvalue weighted by Crippen LogP contribution is -2.38. The van der Waals surface area contributed by atoms with Crippen LogP contribution in [0.5, 0.6) is 5.75 Å². The Hall–Kier alpha value is -1.10. The number of hydrogen-bond donors (Lipinski definition) is 0. The van der Waals surface area contributed by atoms with E-state index >= 15 is 0 Å². The van der Waals surface area contributed by atoms with E-state index in [1.807, 2.05) is 6.07 Å². The molecule has 1 aliphatic heterocycles. The maximum absolute atomic E-state index is 5.68. The van der Waals surface area contributed by atoms with E-state index in [2.05, 4.69) is 30.9 Å². The molecule has 0 N–H and O–H groups in total. The van der Waals surface area contributed by atoms with Crippen LogP contribution in [0, 0.1) is 13.8 Å². The van der Waals surface area contributed by atoms with Gasteiger partial charge in [-0.25, -0.2) is 0 Å². The monoisotopic (exact) mass is 279 g/mol. The van der Waals surface area contributed by atoms with Gasteiger partial charge in [-0.1, -0.05) is 6.07 Å². The highest BCUT2D eigenvalue weighted by Gasteiger charge is 2.09. The minimum atomic E-state index is 0.603. The van der Waals surface area contributed by atoms with Crippen molar-refractivity contribution < 1.29 is 14.2 Å². The topological polar surface area (TPSA) is 30.9 Å². The summed E-state index contributed by atoms with van der Waals surface area (Å²) < 4.78 is 16.6. The van der Waals surface area contributed by atoms with Gasteiger partial charge < -0.3 is 14.2 Å². The van der Waals surface area contributed by atoms with Crippen molar-refractivity contribution in [2.75, 3.05) is 52.7 Å². The molecule has 20 heavy (non-hydrogen) atoms. The third kappa shape index (κ3) is 5.12. The average Bonchev–Trinajstić information content (AvgIpc) is 2.47. The smallest absolute Gasteiger partial charge is 0.119 e. The Morgan fingerprint density at radius 3 is 2.60 bits per heavy atom. The van der Waals surface area contributed by atoms with Gasteiger partial charge in [-0.15, -0.1) is 0 Å². The Kier molecular flexibility index (Phi) is 6.30. The number of rotatable bonds is 7. The van der Waals surface area contributed by atoms with Gasteiger partial charge in [-0.2, -0.15) is 0 Å². The molecule has 1 aromatic rings. The van der Waals surface area contributed by atoms with Gasteiger partial charge in [0.05, 0.1) is 26.4 Å². The molecule has 2 rings (SSSR count). The van der Waals surface area contributed by atoms with Gasteiger partial charge in [0.2, 0.25) is 0 Å². The van der Waals surface area contributed by atoms with Gasteiger partial charge in [0.25, 0.3) is 0 Å². The normalized spacial score (nSPS) is 16.3. The minimum Gasteiger partial charge on any atom is -0.491 e. The Morgan fingerprint density at radius 2 is 1.85 bits per heavy atom. The summed E-state index contributed by atoms with van der Waals surface area (Å²) in [5, 5.41) is 0. The molecule has 0 bridgehead atoms. The van der Waals surface area contributed by atoms with E-state index in [4.69, 9.17) is 14.2 Å². The number of aryl methyl sites for hydroxylation is 2. The van der Waals surface area contributed by atoms with Crippen molar-refractivity contribution in [2.45, 2.75) is 13.8 Å². The van der Waals surface area contributed by atoms with E-state index in [0.29, 0.717) is 13.2 Å². The minimum absolute atomic E-state index is 0.603. The van der Waals surface area contributed by atoms with Gasteiger partial charge >= 0.3 is 0 Å². The Bertz CT molecular complexity index is 403. The van der Waals surface area contributed by atoms with E-state index in [-0.39, 0.29) is 0 Å². The van der Waals surface area contributed by atoms with Crippen molar-refractivity contribution in [2.24, 2.45) is 0 Å². The molecule has 1 aromatic carbocycles. The van der Waals surface area contributed by atoms with Crippen molar-refractivity contribution in [3.8, 4) is 5.75 Å². The van der Waals surface area contributed by atoms with Gasteiger partial charge in [0.1, 0.15) is 12.4 Å². The van der Waals surface area contributed by atoms with Crippen LogP contribution in [0.25, 0.3) is 0 Å². The quantitative estimate of drug-likeness (QED) is 0.715. The highest BCUT2D eigenvalue weighted by molar-refractivity contribution is 5.33. The molecular formula is C16H25NO3. The molecule has 0 amide bonds. The van der Waals surface area contributed by atoms with Crippen LogP contribution >= 0.6 is 0 Å². The van der Waals surface area contributed by atoms with Gasteiger partial charge in [0.15, 0.2) is 0 Å². The van der Waals surface area contributed by atoms with Crippen LogP contribution in [0.1, 0.15) is 11.1 Å². The lowest BCUT2D eigenvalue weighted by Gasteiger charge is -2.26. The molecule has 112 valence electrons. The molecule has 1 saturated heterocycles. The lowest BCUT2D eigenvalue weighted by atomic mass is 10.1. The Labute approximate surface area is 121 Å². The summed E-state index contributed by atoms with van der Waals surface area (Å²) in [6, 6.07) is 6.17. The number of ether oxygens (including phenoxy) is 3. The van der Waals surface area contributed by atoms with Crippen molar-refractivity contribution in [3.05, 3.63) is 29.3 Å². The van der Waals surface area contributed by atoms with Crippen LogP contribution < -0.4 is 4.74 Å². The molecule has 1 fully saturated rings. The van der Waals surface area contributed by atoms with E-state index in [9.17, 15) is 0 Å². The molecule has 0 saturated carbocycles. The second-order valence-corrected chi connectivity index (χ2v) is 5.16. The molecule has 4 nitrogen and oxygen atoms in total. The predicted molar refractivity (Wildman–Crippen MR) is 79.5 cm³/mol. The zero-order valence-corrected chi connectivity index (χ0v) is 12.6. The predicted octanol–water partition coefficient (Wildman–Crippen LogP) is 2.03. The molecular weight excluding hydrogens is 254 g/mol. The fourth-order valence-corrected chi connectivity index (χ4v) is 2.14. The summed E-state index contributed by atoms with van der Waals surface area (Å²) in [4.78, 5) is 2.37. The third-order valence-corrected chi connectivity index (χ3v) is 3.63. The standard InChI is InChI=1S/C16H25NO3/c1-14-3-4-16(13-15(14)2)20-12-11-19-10-7-17-5-8-18-9-6-17/h3-4,13H,5-12H2,1-2H3. The number of hydrogen-bond acceptors (Lipinski definition) is 4. The van der Waals surface area contributed by atoms with Gasteiger partial charge in [0, 0.05) is 19.6 Å². The molecule has 0 unspecified atom stereocenters. The zero-order chi connectivity index (χ0) is 14.2. The first kappa shape index (κ1) is 15.3. The second kappa shape index (κ2) is 8.25. The van der Waals surface area contributed by atoms with E-state index in [1.54, 1.807) is 0 Å². The van der Waals surface area contributed by atoms with Crippen LogP contribution in [0.15, 0.2) is 18.2 Å². The zero-order valence-electron chi connectivity index (χ0n) is 12.6. The summed E-state index contributed by atoms with van der Waals surface area (Å²) in [5.74, 6) is 0.921. The molecule has 0 atom stereocenters. The molecule has 0 aromatic heterocycles. The maximum Gasteiger partial charge on any atom is 0.119 e. The van der Waals surface area contributed by atoms with Gasteiger partial charge in [-0.05, 0) is 37.1 Å². The van der Waals surface area contributed by atoms with Crippen LogP contribution in [0.3, 0.4) is 0 Å². The molecule has 4 heteroatoms. The van der Waals surface area contributed by atoms with Crippen molar-refractivity contribution in [3.63, 3.8) is 0 Å². The highest BCUT2D eigenvalue weighted by atomic mass is 16.5. The Morgan fingerprint density at radius 1 is 1.05 bits per heavy atom. The van der Waals surface area contributed by atoms with Crippen molar-refractivity contribution in [1.82, 2.24) is 4.90 Å². The van der Waals surface area contributed by atoms with Crippen LogP contribution in [0.4, 0.5) is 0 Å². The fourth-order valence-electron chi connectivity index (χ4n) is 2.14. The highest BCUT2D eigenvalue weighted by Crippen LogP contribution is 2.16. The number of morpholine rings is 1. The maximum atomic E-state index is 5.68. The first-order chi connectivity index (χ1) is 9.75. The largest absolute Gasteiger partial charge is 0.491 e. The van der Waals surface area contributed by atoms with Crippen LogP contribution in [-0.2, 0) is 9.47 Å². The first-order valence-electron chi connectivity index (χ1n) is 7.33. The van der Waals surface area contributed by atoms with E-state index in [1.165, 1.54) is 11.1 Å². The Balaban J connectivity index is 1.53. The fraction of sp³-hybridized carbons (Fsp3) is 0.625. The van der Waals surface area contributed by atoms with Crippen LogP contribution in [0.2, 0.25) is 0 Å². The second-order valence-electron chi connectivity index (χ2n) is 5.16. The molecule has 0 spiro atoms. The van der Waals surface area contributed by atoms with Crippen molar-refractivity contribution in [1.29, 1.82) is 0 Å². The summed E-state index contributed by atoms with van der Waals surface area (Å²) >= 11 is 0. The van der Waals surface area contributed by atoms with E-state index in [0.717, 1.165) is 45.2 Å². The SMILES string of the molecule is Cc1ccc(OCCOCCN2CCOCC2)cc1C. The van der Waals surface area contributed by atoms with Crippen LogP contribution in [-0.4, -0.2) is 57.6 Å². The lowest BCUT2D eigenvalue weighted by molar-refractivity contribution is 0.0170. The molecule has 1 aliphatic rings. The summed E-state index contributed by atoms with van der Waals surface area (Å²) in [6.07, 6.45) is 0. The summed E-state index contributed by atoms with van der Waals surface area (Å²) in [6.45, 7) is 10.9. The van der Waals surface area contributed by atoms with Gasteiger partial charge in [-0.3, -0.25) is 4.90 Å². The molecule has 0 aliphatic carbocycles. The van der Waals surface area contributed by atoms with E-state index < -0.39 is 0 Å².